The summed E-state index contributed by atoms with van der Waals surface area (Å²) in [5.74, 6) is 1.41. The van der Waals surface area contributed by atoms with Crippen molar-refractivity contribution in [1.82, 2.24) is 4.90 Å². The van der Waals surface area contributed by atoms with Gasteiger partial charge in [-0.3, -0.25) is 9.59 Å². The molecule has 0 N–H and O–H groups in total. The topological polar surface area (TPSA) is 37.4 Å². The molecule has 1 amide bonds. The smallest absolute Gasteiger partial charge is 0.220 e. The standard InChI is InChI=1S/C10H15NO2/c1-6(12)10-9-5-8(9)3-4-11(10)7(2)13/h8-10H,3-5H2,1-2H3. The van der Waals surface area contributed by atoms with Crippen molar-refractivity contribution < 1.29 is 9.59 Å². The fraction of sp³-hybridized carbons (Fsp3) is 0.800. The second kappa shape index (κ2) is 2.82. The minimum atomic E-state index is -0.101. The molecule has 3 heteroatoms. The maximum atomic E-state index is 11.4. The van der Waals surface area contributed by atoms with Gasteiger partial charge in [0.05, 0.1) is 6.04 Å². The molecule has 2 rings (SSSR count). The molecule has 0 aromatic rings. The molecule has 0 aromatic heterocycles. The number of Topliss-reactive ketones (excluding diaryl/α,β-unsaturated/α-hetero) is 1. The van der Waals surface area contributed by atoms with Crippen molar-refractivity contribution >= 4 is 11.7 Å². The maximum Gasteiger partial charge on any atom is 0.220 e. The highest BCUT2D eigenvalue weighted by molar-refractivity contribution is 5.87. The first-order valence-electron chi connectivity index (χ1n) is 4.89. The third-order valence-corrected chi connectivity index (χ3v) is 3.28. The van der Waals surface area contributed by atoms with Gasteiger partial charge in [0, 0.05) is 13.5 Å². The predicted octanol–water partition coefficient (Wildman–Crippen LogP) is 0.832. The van der Waals surface area contributed by atoms with Crippen LogP contribution in [0.3, 0.4) is 0 Å². The highest BCUT2D eigenvalue weighted by Crippen LogP contribution is 2.48. The Labute approximate surface area is 78.1 Å². The molecule has 13 heavy (non-hydrogen) atoms. The Hall–Kier alpha value is -0.860. The average Bonchev–Trinajstić information content (AvgIpc) is 2.79. The summed E-state index contributed by atoms with van der Waals surface area (Å²) in [6, 6.07) is -0.101. The van der Waals surface area contributed by atoms with Gasteiger partial charge in [0.25, 0.3) is 0 Å². The zero-order chi connectivity index (χ0) is 9.59. The van der Waals surface area contributed by atoms with Gasteiger partial charge in [-0.1, -0.05) is 0 Å². The van der Waals surface area contributed by atoms with E-state index in [0.717, 1.165) is 25.3 Å². The lowest BCUT2D eigenvalue weighted by Gasteiger charge is -2.33. The van der Waals surface area contributed by atoms with Crippen molar-refractivity contribution in [3.05, 3.63) is 0 Å². The molecule has 1 saturated carbocycles. The second-order valence-electron chi connectivity index (χ2n) is 4.22. The highest BCUT2D eigenvalue weighted by Gasteiger charge is 2.51. The van der Waals surface area contributed by atoms with E-state index < -0.39 is 0 Å². The molecule has 0 bridgehead atoms. The minimum absolute atomic E-state index is 0.0468. The van der Waals surface area contributed by atoms with Crippen molar-refractivity contribution in [3.8, 4) is 0 Å². The Morgan fingerprint density at radius 1 is 1.31 bits per heavy atom. The SMILES string of the molecule is CC(=O)C1C2CC2CCN1C(C)=O. The molecule has 3 nitrogen and oxygen atoms in total. The summed E-state index contributed by atoms with van der Waals surface area (Å²) in [6.45, 7) is 3.93. The van der Waals surface area contributed by atoms with Crippen molar-refractivity contribution in [2.45, 2.75) is 32.7 Å². The van der Waals surface area contributed by atoms with E-state index in [4.69, 9.17) is 0 Å². The van der Waals surface area contributed by atoms with Gasteiger partial charge in [0.2, 0.25) is 5.91 Å². The van der Waals surface area contributed by atoms with E-state index in [0.29, 0.717) is 5.92 Å². The van der Waals surface area contributed by atoms with Crippen LogP contribution in [-0.2, 0) is 9.59 Å². The number of carbonyl (C=O) groups excluding carboxylic acids is 2. The number of amides is 1. The Morgan fingerprint density at radius 2 is 2.00 bits per heavy atom. The molecule has 0 spiro atoms. The number of fused-ring (bicyclic) bond motifs is 1. The van der Waals surface area contributed by atoms with Gasteiger partial charge in [0.15, 0.2) is 5.78 Å². The first-order chi connectivity index (χ1) is 6.11. The zero-order valence-corrected chi connectivity index (χ0v) is 8.12. The minimum Gasteiger partial charge on any atom is -0.333 e. The molecular formula is C10H15NO2. The number of rotatable bonds is 1. The Balaban J connectivity index is 2.16. The highest BCUT2D eigenvalue weighted by atomic mass is 16.2. The van der Waals surface area contributed by atoms with Gasteiger partial charge in [-0.25, -0.2) is 0 Å². The summed E-state index contributed by atoms with van der Waals surface area (Å²) in [5.41, 5.74) is 0. The molecule has 2 aliphatic rings. The van der Waals surface area contributed by atoms with E-state index in [1.165, 1.54) is 0 Å². The molecule has 1 aliphatic carbocycles. The molecule has 3 unspecified atom stereocenters. The summed E-state index contributed by atoms with van der Waals surface area (Å²) in [6.07, 6.45) is 2.24. The summed E-state index contributed by atoms with van der Waals surface area (Å²) in [7, 11) is 0. The van der Waals surface area contributed by atoms with Crippen LogP contribution in [0, 0.1) is 11.8 Å². The first kappa shape index (κ1) is 8.73. The van der Waals surface area contributed by atoms with Crippen molar-refractivity contribution in [2.75, 3.05) is 6.54 Å². The van der Waals surface area contributed by atoms with Crippen LogP contribution in [0.4, 0.5) is 0 Å². The van der Waals surface area contributed by atoms with Crippen LogP contribution in [0.25, 0.3) is 0 Å². The summed E-state index contributed by atoms with van der Waals surface area (Å²) in [4.78, 5) is 24.4. The van der Waals surface area contributed by atoms with E-state index in [2.05, 4.69) is 0 Å². The van der Waals surface area contributed by atoms with Crippen LogP contribution in [0.5, 0.6) is 0 Å². The summed E-state index contributed by atoms with van der Waals surface area (Å²) < 4.78 is 0. The van der Waals surface area contributed by atoms with Gasteiger partial charge in [-0.15, -0.1) is 0 Å². The molecule has 1 aliphatic heterocycles. The lowest BCUT2D eigenvalue weighted by atomic mass is 9.99. The summed E-state index contributed by atoms with van der Waals surface area (Å²) in [5, 5.41) is 0. The van der Waals surface area contributed by atoms with Gasteiger partial charge in [-0.2, -0.15) is 0 Å². The molecule has 2 fully saturated rings. The van der Waals surface area contributed by atoms with E-state index in [9.17, 15) is 9.59 Å². The third kappa shape index (κ3) is 1.36. The maximum absolute atomic E-state index is 11.4. The van der Waals surface area contributed by atoms with Gasteiger partial charge >= 0.3 is 0 Å². The van der Waals surface area contributed by atoms with Gasteiger partial charge in [-0.05, 0) is 31.6 Å². The summed E-state index contributed by atoms with van der Waals surface area (Å²) >= 11 is 0. The molecule has 0 radical (unpaired) electrons. The fourth-order valence-corrected chi connectivity index (χ4v) is 2.54. The number of likely N-dealkylation sites (tertiary alicyclic amines) is 1. The monoisotopic (exact) mass is 181 g/mol. The molecule has 72 valence electrons. The number of piperidine rings is 1. The van der Waals surface area contributed by atoms with E-state index in [1.807, 2.05) is 0 Å². The van der Waals surface area contributed by atoms with Crippen LogP contribution in [0.2, 0.25) is 0 Å². The Bertz CT molecular complexity index is 262. The average molecular weight is 181 g/mol. The normalized spacial score (nSPS) is 36.8. The number of carbonyl (C=O) groups is 2. The van der Waals surface area contributed by atoms with Crippen molar-refractivity contribution in [2.24, 2.45) is 11.8 Å². The van der Waals surface area contributed by atoms with Crippen molar-refractivity contribution in [1.29, 1.82) is 0 Å². The van der Waals surface area contributed by atoms with Crippen LogP contribution >= 0.6 is 0 Å². The molecule has 1 heterocycles. The van der Waals surface area contributed by atoms with Crippen LogP contribution < -0.4 is 0 Å². The largest absolute Gasteiger partial charge is 0.333 e. The van der Waals surface area contributed by atoms with Crippen LogP contribution in [0.15, 0.2) is 0 Å². The number of hydrogen-bond donors (Lipinski definition) is 0. The zero-order valence-electron chi connectivity index (χ0n) is 8.12. The Kier molecular flexibility index (Phi) is 1.90. The lowest BCUT2D eigenvalue weighted by Crippen LogP contribution is -2.48. The molecular weight excluding hydrogens is 166 g/mol. The van der Waals surface area contributed by atoms with Gasteiger partial charge < -0.3 is 4.90 Å². The molecule has 1 saturated heterocycles. The number of hydrogen-bond acceptors (Lipinski definition) is 2. The fourth-order valence-electron chi connectivity index (χ4n) is 2.54. The van der Waals surface area contributed by atoms with E-state index in [-0.39, 0.29) is 17.7 Å². The number of nitrogens with zero attached hydrogens (tertiary/aromatic N) is 1. The lowest BCUT2D eigenvalue weighted by molar-refractivity contribution is -0.139. The quantitative estimate of drug-likeness (QED) is 0.601. The van der Waals surface area contributed by atoms with Crippen LogP contribution in [-0.4, -0.2) is 29.2 Å². The first-order valence-corrected chi connectivity index (χ1v) is 4.89. The molecule has 0 aromatic carbocycles. The third-order valence-electron chi connectivity index (χ3n) is 3.28. The predicted molar refractivity (Wildman–Crippen MR) is 48.1 cm³/mol. The Morgan fingerprint density at radius 3 is 2.54 bits per heavy atom. The van der Waals surface area contributed by atoms with Crippen LogP contribution in [0.1, 0.15) is 26.7 Å². The number of ketones is 1. The van der Waals surface area contributed by atoms with Gasteiger partial charge in [0.1, 0.15) is 0 Å². The second-order valence-corrected chi connectivity index (χ2v) is 4.22. The van der Waals surface area contributed by atoms with E-state index >= 15 is 0 Å². The molecule has 3 atom stereocenters. The van der Waals surface area contributed by atoms with Crippen molar-refractivity contribution in [3.63, 3.8) is 0 Å². The van der Waals surface area contributed by atoms with E-state index in [1.54, 1.807) is 18.7 Å².